The number of carbonyl (C=O) groups excluding carboxylic acids is 1. The lowest BCUT2D eigenvalue weighted by Gasteiger charge is -2.13. The van der Waals surface area contributed by atoms with Crippen LogP contribution in [0.1, 0.15) is 16.8 Å². The Morgan fingerprint density at radius 2 is 1.86 bits per heavy atom. The van der Waals surface area contributed by atoms with Crippen molar-refractivity contribution in [3.05, 3.63) is 71.3 Å². The van der Waals surface area contributed by atoms with E-state index in [0.29, 0.717) is 16.8 Å². The van der Waals surface area contributed by atoms with Gasteiger partial charge in [0.05, 0.1) is 6.42 Å². The van der Waals surface area contributed by atoms with E-state index in [4.69, 9.17) is 0 Å². The van der Waals surface area contributed by atoms with Crippen molar-refractivity contribution in [3.8, 4) is 11.1 Å². The maximum Gasteiger partial charge on any atom is 0.435 e. The summed E-state index contributed by atoms with van der Waals surface area (Å²) in [5.74, 6) is -0.982. The number of hydrogen-bond donors (Lipinski definition) is 1. The molecule has 0 unspecified atom stereocenters. The van der Waals surface area contributed by atoms with Gasteiger partial charge >= 0.3 is 6.18 Å². The minimum atomic E-state index is -4.64. The third-order valence-electron chi connectivity index (χ3n) is 4.20. The number of hydrogen-bond acceptors (Lipinski definition) is 2. The average molecular weight is 391 g/mol. The maximum absolute atomic E-state index is 13.4. The topological polar surface area (TPSA) is 46.9 Å². The molecule has 0 aliphatic heterocycles. The number of carbonyl (C=O) groups is 1. The van der Waals surface area contributed by atoms with Gasteiger partial charge in [-0.25, -0.2) is 4.39 Å². The molecule has 0 saturated carbocycles. The van der Waals surface area contributed by atoms with Crippen LogP contribution in [-0.4, -0.2) is 15.7 Å². The van der Waals surface area contributed by atoms with E-state index in [2.05, 4.69) is 10.4 Å². The van der Waals surface area contributed by atoms with Gasteiger partial charge in [-0.3, -0.25) is 9.48 Å². The molecule has 8 heteroatoms. The SMILES string of the molecule is Cc1cc(F)ccc1-c1ccccc1NC(=O)Cc1cn(C)nc1C(F)(F)F. The molecule has 1 aromatic heterocycles. The molecule has 1 amide bonds. The van der Waals surface area contributed by atoms with Crippen LogP contribution in [0.4, 0.5) is 23.2 Å². The van der Waals surface area contributed by atoms with Gasteiger partial charge in [0.1, 0.15) is 5.82 Å². The summed E-state index contributed by atoms with van der Waals surface area (Å²) in [5.41, 5.74) is 1.19. The van der Waals surface area contributed by atoms with E-state index in [9.17, 15) is 22.4 Å². The summed E-state index contributed by atoms with van der Waals surface area (Å²) < 4.78 is 53.6. The van der Waals surface area contributed by atoms with Crippen LogP contribution in [0.5, 0.6) is 0 Å². The fourth-order valence-electron chi connectivity index (χ4n) is 3.03. The zero-order valence-corrected chi connectivity index (χ0v) is 15.1. The summed E-state index contributed by atoms with van der Waals surface area (Å²) in [5, 5.41) is 6.05. The third kappa shape index (κ3) is 4.21. The van der Waals surface area contributed by atoms with Crippen LogP contribution in [0, 0.1) is 12.7 Å². The zero-order chi connectivity index (χ0) is 20.5. The first-order valence-electron chi connectivity index (χ1n) is 8.40. The number of alkyl halides is 3. The molecule has 0 aliphatic rings. The van der Waals surface area contributed by atoms with Crippen molar-refractivity contribution < 1.29 is 22.4 Å². The predicted octanol–water partition coefficient (Wildman–Crippen LogP) is 4.73. The molecule has 4 nitrogen and oxygen atoms in total. The smallest absolute Gasteiger partial charge is 0.325 e. The Morgan fingerprint density at radius 1 is 1.14 bits per heavy atom. The highest BCUT2D eigenvalue weighted by Crippen LogP contribution is 2.32. The molecule has 3 aromatic rings. The Hall–Kier alpha value is -3.16. The van der Waals surface area contributed by atoms with Gasteiger partial charge in [0.2, 0.25) is 5.91 Å². The Morgan fingerprint density at radius 3 is 2.54 bits per heavy atom. The van der Waals surface area contributed by atoms with E-state index in [1.54, 1.807) is 37.3 Å². The Kier molecular flexibility index (Phi) is 5.22. The number of nitrogens with zero attached hydrogens (tertiary/aromatic N) is 2. The molecule has 0 fully saturated rings. The summed E-state index contributed by atoms with van der Waals surface area (Å²) in [7, 11) is 1.36. The second kappa shape index (κ2) is 7.46. The quantitative estimate of drug-likeness (QED) is 0.654. The number of benzene rings is 2. The van der Waals surface area contributed by atoms with Crippen molar-refractivity contribution in [3.63, 3.8) is 0 Å². The van der Waals surface area contributed by atoms with E-state index in [0.717, 1.165) is 10.2 Å². The number of aryl methyl sites for hydroxylation is 2. The fourth-order valence-corrected chi connectivity index (χ4v) is 3.03. The molecule has 2 aromatic carbocycles. The van der Waals surface area contributed by atoms with Crippen molar-refractivity contribution in [2.24, 2.45) is 7.05 Å². The molecule has 0 atom stereocenters. The van der Waals surface area contributed by atoms with Gasteiger partial charge in [-0.2, -0.15) is 18.3 Å². The zero-order valence-electron chi connectivity index (χ0n) is 15.1. The first-order valence-corrected chi connectivity index (χ1v) is 8.40. The number of amides is 1. The van der Waals surface area contributed by atoms with E-state index in [-0.39, 0.29) is 11.4 Å². The van der Waals surface area contributed by atoms with Gasteiger partial charge in [-0.05, 0) is 36.2 Å². The van der Waals surface area contributed by atoms with E-state index >= 15 is 0 Å². The number of aromatic nitrogens is 2. The van der Waals surface area contributed by atoms with Crippen LogP contribution in [-0.2, 0) is 24.4 Å². The first kappa shape index (κ1) is 19.6. The molecule has 0 aliphatic carbocycles. The summed E-state index contributed by atoms with van der Waals surface area (Å²) in [6.45, 7) is 1.74. The van der Waals surface area contributed by atoms with Gasteiger partial charge in [0, 0.05) is 30.1 Å². The van der Waals surface area contributed by atoms with E-state index in [1.807, 2.05) is 0 Å². The second-order valence-corrected chi connectivity index (χ2v) is 6.40. The van der Waals surface area contributed by atoms with Gasteiger partial charge in [0.25, 0.3) is 0 Å². The first-order chi connectivity index (χ1) is 13.1. The van der Waals surface area contributed by atoms with Crippen LogP contribution >= 0.6 is 0 Å². The van der Waals surface area contributed by atoms with Crippen LogP contribution in [0.3, 0.4) is 0 Å². The number of halogens is 4. The maximum atomic E-state index is 13.4. The number of rotatable bonds is 4. The molecule has 0 radical (unpaired) electrons. The Bertz CT molecular complexity index is 1020. The largest absolute Gasteiger partial charge is 0.435 e. The molecule has 0 spiro atoms. The lowest BCUT2D eigenvalue weighted by atomic mass is 9.98. The van der Waals surface area contributed by atoms with Crippen LogP contribution in [0.15, 0.2) is 48.7 Å². The standard InChI is InChI=1S/C20H17F4N3O/c1-12-9-14(21)7-8-15(12)16-5-3-4-6-17(16)25-18(28)10-13-11-27(2)26-19(13)20(22,23)24/h3-9,11H,10H2,1-2H3,(H,25,28). The van der Waals surface area contributed by atoms with Gasteiger partial charge < -0.3 is 5.32 Å². The van der Waals surface area contributed by atoms with E-state index < -0.39 is 24.2 Å². The minimum absolute atomic E-state index is 0.206. The van der Waals surface area contributed by atoms with Crippen molar-refractivity contribution in [1.82, 2.24) is 9.78 Å². The molecule has 1 N–H and O–H groups in total. The summed E-state index contributed by atoms with van der Waals surface area (Å²) in [4.78, 5) is 12.4. The second-order valence-electron chi connectivity index (χ2n) is 6.40. The normalized spacial score (nSPS) is 11.5. The lowest BCUT2D eigenvalue weighted by Crippen LogP contribution is -2.17. The minimum Gasteiger partial charge on any atom is -0.325 e. The summed E-state index contributed by atoms with van der Waals surface area (Å²) >= 11 is 0. The van der Waals surface area contributed by atoms with Gasteiger partial charge in [0.15, 0.2) is 5.69 Å². The summed E-state index contributed by atoms with van der Waals surface area (Å²) in [6.07, 6.45) is -3.93. The van der Waals surface area contributed by atoms with Crippen molar-refractivity contribution in [2.45, 2.75) is 19.5 Å². The van der Waals surface area contributed by atoms with Crippen LogP contribution in [0.2, 0.25) is 0 Å². The lowest BCUT2D eigenvalue weighted by molar-refractivity contribution is -0.142. The molecule has 146 valence electrons. The predicted molar refractivity (Wildman–Crippen MR) is 97.1 cm³/mol. The molecule has 0 saturated heterocycles. The summed E-state index contributed by atoms with van der Waals surface area (Å²) in [6, 6.07) is 11.1. The molecular weight excluding hydrogens is 374 g/mol. The van der Waals surface area contributed by atoms with Crippen molar-refractivity contribution in [1.29, 1.82) is 0 Å². The molecule has 3 rings (SSSR count). The average Bonchev–Trinajstić information content (AvgIpc) is 2.96. The van der Waals surface area contributed by atoms with Crippen LogP contribution in [0.25, 0.3) is 11.1 Å². The Labute approximate surface area is 158 Å². The number of anilines is 1. The number of nitrogens with one attached hydrogen (secondary N) is 1. The highest BCUT2D eigenvalue weighted by molar-refractivity contribution is 5.97. The molecule has 1 heterocycles. The van der Waals surface area contributed by atoms with Crippen molar-refractivity contribution in [2.75, 3.05) is 5.32 Å². The van der Waals surface area contributed by atoms with Crippen LogP contribution < -0.4 is 5.32 Å². The highest BCUT2D eigenvalue weighted by Gasteiger charge is 2.37. The molecular formula is C20H17F4N3O. The Balaban J connectivity index is 1.87. The fraction of sp³-hybridized carbons (Fsp3) is 0.200. The number of para-hydroxylation sites is 1. The molecule has 28 heavy (non-hydrogen) atoms. The highest BCUT2D eigenvalue weighted by atomic mass is 19.4. The molecule has 0 bridgehead atoms. The van der Waals surface area contributed by atoms with Gasteiger partial charge in [-0.15, -0.1) is 0 Å². The van der Waals surface area contributed by atoms with E-state index in [1.165, 1.54) is 25.4 Å². The third-order valence-corrected chi connectivity index (χ3v) is 4.20. The van der Waals surface area contributed by atoms with Crippen molar-refractivity contribution >= 4 is 11.6 Å². The van der Waals surface area contributed by atoms with Gasteiger partial charge in [-0.1, -0.05) is 24.3 Å². The monoisotopic (exact) mass is 391 g/mol.